The summed E-state index contributed by atoms with van der Waals surface area (Å²) in [5.74, 6) is -0.305. The van der Waals surface area contributed by atoms with E-state index in [1.807, 2.05) is 13.8 Å². The number of aliphatic hydroxyl groups is 1. The molecule has 1 aromatic carbocycles. The molecule has 96 valence electrons. The van der Waals surface area contributed by atoms with E-state index in [-0.39, 0.29) is 23.7 Å². The summed E-state index contributed by atoms with van der Waals surface area (Å²) >= 11 is 0. The Morgan fingerprint density at radius 1 is 1.29 bits per heavy atom. The van der Waals surface area contributed by atoms with Crippen molar-refractivity contribution in [1.29, 1.82) is 0 Å². The lowest BCUT2D eigenvalue weighted by Crippen LogP contribution is -2.47. The number of halogens is 1. The number of aromatic hydroxyl groups is 1. The maximum atomic E-state index is 13.0. The van der Waals surface area contributed by atoms with Crippen LogP contribution in [0, 0.1) is 5.82 Å². The van der Waals surface area contributed by atoms with Crippen LogP contribution >= 0.6 is 0 Å². The molecule has 0 unspecified atom stereocenters. The van der Waals surface area contributed by atoms with Crippen LogP contribution in [0.5, 0.6) is 5.75 Å². The maximum absolute atomic E-state index is 13.0. The zero-order chi connectivity index (χ0) is 12.9. The van der Waals surface area contributed by atoms with E-state index >= 15 is 0 Å². The molecular weight excluding hydrogens is 221 g/mol. The molecule has 17 heavy (non-hydrogen) atoms. The fourth-order valence-electron chi connectivity index (χ4n) is 1.76. The van der Waals surface area contributed by atoms with E-state index in [2.05, 4.69) is 5.32 Å². The number of aliphatic hydroxyl groups excluding tert-OH is 1. The number of rotatable bonds is 6. The Morgan fingerprint density at radius 2 is 1.94 bits per heavy atom. The van der Waals surface area contributed by atoms with Gasteiger partial charge in [0.1, 0.15) is 11.6 Å². The Morgan fingerprint density at radius 3 is 2.47 bits per heavy atom. The number of nitrogens with one attached hydrogen (secondary N) is 1. The van der Waals surface area contributed by atoms with Crippen molar-refractivity contribution in [2.75, 3.05) is 6.61 Å². The van der Waals surface area contributed by atoms with Gasteiger partial charge in [-0.2, -0.15) is 0 Å². The third kappa shape index (κ3) is 3.41. The number of benzene rings is 1. The van der Waals surface area contributed by atoms with E-state index in [9.17, 15) is 14.6 Å². The van der Waals surface area contributed by atoms with Crippen molar-refractivity contribution in [1.82, 2.24) is 5.32 Å². The third-order valence-electron chi connectivity index (χ3n) is 3.35. The second-order valence-electron chi connectivity index (χ2n) is 4.27. The van der Waals surface area contributed by atoms with Gasteiger partial charge in [-0.05, 0) is 31.0 Å². The smallest absolute Gasteiger partial charge is 0.123 e. The van der Waals surface area contributed by atoms with Gasteiger partial charge in [-0.1, -0.05) is 13.8 Å². The number of hydrogen-bond acceptors (Lipinski definition) is 3. The molecule has 4 heteroatoms. The lowest BCUT2D eigenvalue weighted by Gasteiger charge is -2.31. The summed E-state index contributed by atoms with van der Waals surface area (Å²) in [7, 11) is 0. The molecule has 0 heterocycles. The Hall–Kier alpha value is -1.13. The molecule has 0 fully saturated rings. The van der Waals surface area contributed by atoms with E-state index in [0.29, 0.717) is 12.1 Å². The van der Waals surface area contributed by atoms with Crippen molar-refractivity contribution in [2.24, 2.45) is 0 Å². The Kier molecular flexibility index (Phi) is 4.90. The lowest BCUT2D eigenvalue weighted by molar-refractivity contribution is 0.149. The molecule has 1 aromatic rings. The first kappa shape index (κ1) is 13.9. The fourth-order valence-corrected chi connectivity index (χ4v) is 1.76. The van der Waals surface area contributed by atoms with Gasteiger partial charge in [0.25, 0.3) is 0 Å². The normalized spacial score (nSPS) is 11.8. The molecule has 0 bridgehead atoms. The summed E-state index contributed by atoms with van der Waals surface area (Å²) in [6.45, 7) is 4.33. The number of hydrogen-bond donors (Lipinski definition) is 3. The standard InChI is InChI=1S/C13H20FNO2/c1-3-13(4-2,9-16)15-8-10-7-11(14)5-6-12(10)17/h5-7,15-17H,3-4,8-9H2,1-2H3. The third-order valence-corrected chi connectivity index (χ3v) is 3.35. The van der Waals surface area contributed by atoms with Gasteiger partial charge in [0, 0.05) is 17.6 Å². The molecule has 0 aliphatic heterocycles. The van der Waals surface area contributed by atoms with Crippen LogP contribution in [0.3, 0.4) is 0 Å². The average molecular weight is 241 g/mol. The summed E-state index contributed by atoms with van der Waals surface area (Å²) < 4.78 is 13.0. The van der Waals surface area contributed by atoms with Crippen molar-refractivity contribution in [3.05, 3.63) is 29.6 Å². The molecule has 3 nitrogen and oxygen atoms in total. The van der Waals surface area contributed by atoms with Gasteiger partial charge in [0.2, 0.25) is 0 Å². The zero-order valence-corrected chi connectivity index (χ0v) is 10.3. The predicted molar refractivity (Wildman–Crippen MR) is 65.3 cm³/mol. The van der Waals surface area contributed by atoms with Crippen molar-refractivity contribution in [3.8, 4) is 5.75 Å². The van der Waals surface area contributed by atoms with Crippen molar-refractivity contribution in [2.45, 2.75) is 38.8 Å². The molecule has 0 atom stereocenters. The van der Waals surface area contributed by atoms with Crippen LogP contribution in [0.15, 0.2) is 18.2 Å². The van der Waals surface area contributed by atoms with Crippen LogP contribution in [0.1, 0.15) is 32.3 Å². The largest absolute Gasteiger partial charge is 0.508 e. The average Bonchev–Trinajstić information content (AvgIpc) is 2.35. The van der Waals surface area contributed by atoms with Gasteiger partial charge in [-0.25, -0.2) is 4.39 Å². The lowest BCUT2D eigenvalue weighted by atomic mass is 9.93. The van der Waals surface area contributed by atoms with Gasteiger partial charge >= 0.3 is 0 Å². The molecule has 0 aliphatic carbocycles. The molecule has 0 spiro atoms. The van der Waals surface area contributed by atoms with E-state index in [1.165, 1.54) is 18.2 Å². The van der Waals surface area contributed by atoms with Crippen LogP contribution in [0.4, 0.5) is 4.39 Å². The van der Waals surface area contributed by atoms with Gasteiger partial charge in [-0.15, -0.1) is 0 Å². The highest BCUT2D eigenvalue weighted by atomic mass is 19.1. The van der Waals surface area contributed by atoms with E-state index in [1.54, 1.807) is 0 Å². The zero-order valence-electron chi connectivity index (χ0n) is 10.3. The highest BCUT2D eigenvalue weighted by Gasteiger charge is 2.24. The highest BCUT2D eigenvalue weighted by Crippen LogP contribution is 2.20. The summed E-state index contributed by atoms with van der Waals surface area (Å²) in [5, 5.41) is 22.2. The summed E-state index contributed by atoms with van der Waals surface area (Å²) in [6.07, 6.45) is 1.55. The molecule has 3 N–H and O–H groups in total. The maximum Gasteiger partial charge on any atom is 0.123 e. The Bertz CT molecular complexity index is 356. The molecule has 0 saturated carbocycles. The Labute approximate surface area is 101 Å². The van der Waals surface area contributed by atoms with Crippen molar-refractivity contribution in [3.63, 3.8) is 0 Å². The summed E-state index contributed by atoms with van der Waals surface area (Å²) in [5.41, 5.74) is 0.142. The van der Waals surface area contributed by atoms with Crippen LogP contribution in [0.25, 0.3) is 0 Å². The van der Waals surface area contributed by atoms with Gasteiger partial charge < -0.3 is 15.5 Å². The van der Waals surface area contributed by atoms with Gasteiger partial charge in [-0.3, -0.25) is 0 Å². The first-order chi connectivity index (χ1) is 8.06. The topological polar surface area (TPSA) is 52.5 Å². The first-order valence-electron chi connectivity index (χ1n) is 5.90. The van der Waals surface area contributed by atoms with Gasteiger partial charge in [0.15, 0.2) is 0 Å². The highest BCUT2D eigenvalue weighted by molar-refractivity contribution is 5.32. The minimum atomic E-state index is -0.373. The van der Waals surface area contributed by atoms with E-state index in [0.717, 1.165) is 12.8 Å². The van der Waals surface area contributed by atoms with E-state index < -0.39 is 0 Å². The van der Waals surface area contributed by atoms with Crippen molar-refractivity contribution >= 4 is 0 Å². The van der Waals surface area contributed by atoms with Crippen molar-refractivity contribution < 1.29 is 14.6 Å². The summed E-state index contributed by atoms with van der Waals surface area (Å²) in [6, 6.07) is 3.86. The van der Waals surface area contributed by atoms with Crippen LogP contribution in [0.2, 0.25) is 0 Å². The van der Waals surface area contributed by atoms with Crippen LogP contribution < -0.4 is 5.32 Å². The Balaban J connectivity index is 2.75. The molecular formula is C13H20FNO2. The minimum Gasteiger partial charge on any atom is -0.508 e. The minimum absolute atomic E-state index is 0.0239. The summed E-state index contributed by atoms with van der Waals surface area (Å²) in [4.78, 5) is 0. The molecule has 0 saturated heterocycles. The molecule has 0 radical (unpaired) electrons. The first-order valence-corrected chi connectivity index (χ1v) is 5.90. The molecule has 0 aliphatic rings. The second-order valence-corrected chi connectivity index (χ2v) is 4.27. The quantitative estimate of drug-likeness (QED) is 0.715. The second kappa shape index (κ2) is 5.98. The number of phenolic OH excluding ortho intramolecular Hbond substituents is 1. The molecule has 0 amide bonds. The monoisotopic (exact) mass is 241 g/mol. The predicted octanol–water partition coefficient (Wildman–Crippen LogP) is 2.17. The van der Waals surface area contributed by atoms with Crippen LogP contribution in [-0.2, 0) is 6.54 Å². The molecule has 0 aromatic heterocycles. The molecule has 1 rings (SSSR count). The SMILES string of the molecule is CCC(CC)(CO)NCc1cc(F)ccc1O. The van der Waals surface area contributed by atoms with Gasteiger partial charge in [0.05, 0.1) is 6.61 Å². The fraction of sp³-hybridized carbons (Fsp3) is 0.538. The van der Waals surface area contributed by atoms with E-state index in [4.69, 9.17) is 0 Å². The number of phenols is 1. The van der Waals surface area contributed by atoms with Crippen LogP contribution in [-0.4, -0.2) is 22.4 Å².